The van der Waals surface area contributed by atoms with Crippen LogP contribution >= 0.6 is 22.3 Å². The molecule has 0 aromatic heterocycles. The number of piperidine rings is 1. The van der Waals surface area contributed by atoms with Gasteiger partial charge in [0.05, 0.1) is 12.3 Å². The van der Waals surface area contributed by atoms with E-state index >= 15 is 0 Å². The third-order valence-electron chi connectivity index (χ3n) is 7.34. The Balaban J connectivity index is 0.00000156. The Morgan fingerprint density at radius 3 is 2.32 bits per heavy atom. The smallest absolute Gasteiger partial charge is 0.278 e. The third kappa shape index (κ3) is 6.87. The molecule has 200 valence electrons. The summed E-state index contributed by atoms with van der Waals surface area (Å²) in [6.07, 6.45) is 3.97. The van der Waals surface area contributed by atoms with Gasteiger partial charge in [-0.15, -0.1) is 0 Å². The van der Waals surface area contributed by atoms with Gasteiger partial charge in [0, 0.05) is 28.4 Å². The van der Waals surface area contributed by atoms with Crippen LogP contribution in [0.3, 0.4) is 0 Å². The number of likely N-dealkylation sites (tertiary alicyclic amines) is 1. The van der Waals surface area contributed by atoms with Gasteiger partial charge in [0.25, 0.3) is 6.43 Å². The molecule has 0 amide bonds. The normalized spacial score (nSPS) is 19.5. The second kappa shape index (κ2) is 13.1. The highest BCUT2D eigenvalue weighted by atomic mass is 35.5. The van der Waals surface area contributed by atoms with E-state index in [1.54, 1.807) is 0 Å². The van der Waals surface area contributed by atoms with Crippen molar-refractivity contribution in [3.8, 4) is 0 Å². The van der Waals surface area contributed by atoms with Crippen molar-refractivity contribution in [1.29, 1.82) is 0 Å². The molecule has 3 aliphatic rings. The van der Waals surface area contributed by atoms with Crippen molar-refractivity contribution >= 4 is 45.3 Å². The van der Waals surface area contributed by atoms with Crippen molar-refractivity contribution in [3.63, 3.8) is 0 Å². The number of halogens is 3. The van der Waals surface area contributed by atoms with Crippen LogP contribution in [-0.2, 0) is 6.54 Å². The lowest BCUT2D eigenvalue weighted by molar-refractivity contribution is 0.107. The molecule has 8 heteroatoms. The molecule has 1 unspecified atom stereocenters. The van der Waals surface area contributed by atoms with Gasteiger partial charge in [-0.3, -0.25) is 0 Å². The van der Waals surface area contributed by atoms with E-state index in [-0.39, 0.29) is 22.8 Å². The van der Waals surface area contributed by atoms with Gasteiger partial charge in [-0.2, -0.15) is 10.2 Å². The van der Waals surface area contributed by atoms with Gasteiger partial charge in [0.2, 0.25) is 0 Å². The van der Waals surface area contributed by atoms with Crippen LogP contribution in [0.4, 0.5) is 14.5 Å². The molecule has 0 radical (unpaired) electrons. The highest BCUT2D eigenvalue weighted by molar-refractivity contribution is 8.15. The van der Waals surface area contributed by atoms with E-state index in [0.717, 1.165) is 35.9 Å². The summed E-state index contributed by atoms with van der Waals surface area (Å²) in [5.74, 6) is 4.66. The third-order valence-corrected chi connectivity index (χ3v) is 9.73. The maximum Gasteiger partial charge on any atom is 0.278 e. The van der Waals surface area contributed by atoms with Crippen molar-refractivity contribution in [2.45, 2.75) is 76.6 Å². The Hall–Kier alpha value is -2.09. The summed E-state index contributed by atoms with van der Waals surface area (Å²) in [4.78, 5) is 2.68. The summed E-state index contributed by atoms with van der Waals surface area (Å²) in [7, 11) is -0.211. The van der Waals surface area contributed by atoms with E-state index < -0.39 is 6.43 Å². The summed E-state index contributed by atoms with van der Waals surface area (Å²) < 4.78 is 28.2. The lowest BCUT2D eigenvalue weighted by atomic mass is 9.90. The second-order valence-corrected chi connectivity index (χ2v) is 11.9. The van der Waals surface area contributed by atoms with Crippen molar-refractivity contribution in [2.24, 2.45) is 10.2 Å². The van der Waals surface area contributed by atoms with E-state index in [4.69, 9.17) is 11.6 Å². The van der Waals surface area contributed by atoms with E-state index in [0.29, 0.717) is 22.5 Å². The molecule has 1 atom stereocenters. The fourth-order valence-corrected chi connectivity index (χ4v) is 7.00. The van der Waals surface area contributed by atoms with E-state index in [9.17, 15) is 8.78 Å². The molecule has 1 saturated heterocycles. The number of anilines is 1. The summed E-state index contributed by atoms with van der Waals surface area (Å²) in [5, 5.41) is 8.86. The molecule has 1 saturated carbocycles. The predicted molar refractivity (Wildman–Crippen MR) is 157 cm³/mol. The first-order valence-electron chi connectivity index (χ1n) is 13.3. The topological polar surface area (TPSA) is 31.2 Å². The van der Waals surface area contributed by atoms with Gasteiger partial charge < -0.3 is 9.21 Å². The first-order valence-corrected chi connectivity index (χ1v) is 15.1. The minimum atomic E-state index is -2.56. The molecule has 2 heterocycles. The Morgan fingerprint density at radius 2 is 1.76 bits per heavy atom. The maximum absolute atomic E-state index is 12.9. The van der Waals surface area contributed by atoms with Crippen molar-refractivity contribution in [1.82, 2.24) is 4.90 Å². The molecule has 37 heavy (non-hydrogen) atoms. The number of nitrogens with zero attached hydrogens (tertiary/aromatic N) is 4. The Kier molecular flexibility index (Phi) is 9.90. The number of hydrogen-bond donors (Lipinski definition) is 0. The quantitative estimate of drug-likeness (QED) is 0.316. The summed E-state index contributed by atoms with van der Waals surface area (Å²) in [6.45, 7) is 7.04. The zero-order valence-corrected chi connectivity index (χ0v) is 23.3. The van der Waals surface area contributed by atoms with Crippen LogP contribution < -0.4 is 4.31 Å². The predicted octanol–water partition coefficient (Wildman–Crippen LogP) is 7.82. The average molecular weight is 547 g/mol. The molecule has 2 aliphatic heterocycles. The standard InChI is InChI=1S/C27H31ClF2N4S.C2H6/c1-35(24-12-14-33(15-13-24)22-5-3-6-22)34(23-7-2-4-21(28)16-23)18-19-8-10-20(11-9-19)25-17-26(27(29)30)32-31-25;1-2/h2,4,7-11,16,22,24,27H,1,3,5-6,12-15,17-18H2;1-2H3. The highest BCUT2D eigenvalue weighted by Gasteiger charge is 2.30. The fourth-order valence-electron chi connectivity index (χ4n) is 5.00. The van der Waals surface area contributed by atoms with Gasteiger partial charge in [0.15, 0.2) is 0 Å². The molecule has 0 spiro atoms. The number of rotatable bonds is 8. The molecule has 0 bridgehead atoms. The van der Waals surface area contributed by atoms with Crippen LogP contribution in [0.25, 0.3) is 0 Å². The number of hydrogen-bond acceptors (Lipinski definition) is 4. The van der Waals surface area contributed by atoms with Crippen LogP contribution in [0, 0.1) is 0 Å². The number of alkyl halides is 2. The van der Waals surface area contributed by atoms with Crippen molar-refractivity contribution in [3.05, 3.63) is 64.7 Å². The van der Waals surface area contributed by atoms with Gasteiger partial charge in [-0.1, -0.05) is 78.7 Å². The maximum atomic E-state index is 12.9. The van der Waals surface area contributed by atoms with Crippen LogP contribution in [0.1, 0.15) is 63.5 Å². The van der Waals surface area contributed by atoms with Gasteiger partial charge in [0.1, 0.15) is 5.71 Å². The molecular formula is C29H37ClF2N4S. The molecule has 5 rings (SSSR count). The van der Waals surface area contributed by atoms with Crippen LogP contribution in [0.5, 0.6) is 0 Å². The van der Waals surface area contributed by atoms with Crippen LogP contribution in [0.2, 0.25) is 5.02 Å². The van der Waals surface area contributed by atoms with Gasteiger partial charge >= 0.3 is 0 Å². The fraction of sp³-hybridized carbons (Fsp3) is 0.483. The second-order valence-electron chi connectivity index (χ2n) is 9.55. The molecule has 2 fully saturated rings. The zero-order chi connectivity index (χ0) is 26.4. The molecular weight excluding hydrogens is 510 g/mol. The average Bonchev–Trinajstić information content (AvgIpc) is 3.39. The first-order chi connectivity index (χ1) is 18.0. The van der Waals surface area contributed by atoms with Gasteiger partial charge in [-0.05, 0) is 68.1 Å². The SMILES string of the molecule is C=S(C1CCN(C2CCC2)CC1)N(Cc1ccc(C2=NN=C(C(F)F)C2)cc1)c1cccc(Cl)c1.CC. The zero-order valence-electron chi connectivity index (χ0n) is 21.8. The lowest BCUT2D eigenvalue weighted by Crippen LogP contribution is -2.46. The summed E-state index contributed by atoms with van der Waals surface area (Å²) in [6, 6.07) is 16.8. The van der Waals surface area contributed by atoms with Gasteiger partial charge in [-0.25, -0.2) is 8.78 Å². The number of benzene rings is 2. The minimum Gasteiger partial charge on any atom is -0.318 e. The summed E-state index contributed by atoms with van der Waals surface area (Å²) in [5.41, 5.74) is 3.47. The Morgan fingerprint density at radius 1 is 1.05 bits per heavy atom. The first kappa shape index (κ1) is 27.9. The largest absolute Gasteiger partial charge is 0.318 e. The molecule has 2 aromatic carbocycles. The molecule has 2 aromatic rings. The monoisotopic (exact) mass is 546 g/mol. The van der Waals surface area contributed by atoms with Crippen LogP contribution in [0.15, 0.2) is 58.7 Å². The minimum absolute atomic E-state index is 0.105. The summed E-state index contributed by atoms with van der Waals surface area (Å²) >= 11 is 6.36. The lowest BCUT2D eigenvalue weighted by Gasteiger charge is -2.43. The van der Waals surface area contributed by atoms with E-state index in [1.807, 2.05) is 56.3 Å². The molecule has 0 N–H and O–H groups in total. The van der Waals surface area contributed by atoms with Crippen molar-refractivity contribution < 1.29 is 8.78 Å². The Bertz CT molecular complexity index is 1120. The molecule has 4 nitrogen and oxygen atoms in total. The highest BCUT2D eigenvalue weighted by Crippen LogP contribution is 2.39. The van der Waals surface area contributed by atoms with Crippen molar-refractivity contribution in [2.75, 3.05) is 17.4 Å². The Labute approximate surface area is 227 Å². The van der Waals surface area contributed by atoms with E-state index in [2.05, 4.69) is 31.3 Å². The van der Waals surface area contributed by atoms with E-state index in [1.165, 1.54) is 32.1 Å². The molecule has 1 aliphatic carbocycles. The van der Waals surface area contributed by atoms with Crippen LogP contribution in [-0.4, -0.2) is 53.0 Å².